The number of ether oxygens (including phenoxy) is 2. The van der Waals surface area contributed by atoms with Crippen molar-refractivity contribution in [2.24, 2.45) is 29.6 Å². The van der Waals surface area contributed by atoms with Crippen molar-refractivity contribution in [3.05, 3.63) is 0 Å². The fourth-order valence-electron chi connectivity index (χ4n) is 6.35. The van der Waals surface area contributed by atoms with E-state index in [9.17, 15) is 5.11 Å². The molecule has 176 valence electrons. The lowest BCUT2D eigenvalue weighted by Crippen LogP contribution is -2.67. The van der Waals surface area contributed by atoms with Crippen LogP contribution < -0.4 is 0 Å². The highest BCUT2D eigenvalue weighted by atomic mass is 28.4. The Hall–Kier alpha value is -0.383. The molecule has 0 aromatic carbocycles. The van der Waals surface area contributed by atoms with Gasteiger partial charge in [0.1, 0.15) is 5.60 Å². The molecule has 1 spiro atoms. The van der Waals surface area contributed by atoms with Gasteiger partial charge in [-0.3, -0.25) is 0 Å². The Morgan fingerprint density at radius 1 is 1.06 bits per heavy atom. The molecule has 1 N–H and O–H groups in total. The maximum Gasteiger partial charge on any atom is 0.194 e. The zero-order valence-electron chi connectivity index (χ0n) is 20.8. The lowest BCUT2D eigenvalue weighted by atomic mass is 9.49. The zero-order chi connectivity index (χ0) is 22.7. The fraction of sp³-hybridized carbons (Fsp3) is 0.923. The number of hydrogen-bond acceptors (Lipinski definition) is 4. The van der Waals surface area contributed by atoms with Crippen LogP contribution in [-0.2, 0) is 13.9 Å². The molecular formula is C26H44O4Si. The molecule has 1 unspecified atom stereocenters. The molecule has 4 fully saturated rings. The number of hydrogen-bond donors (Lipinski definition) is 1. The second-order valence-electron chi connectivity index (χ2n) is 12.2. The van der Waals surface area contributed by atoms with E-state index in [0.29, 0.717) is 36.9 Å². The summed E-state index contributed by atoms with van der Waals surface area (Å²) in [6.07, 6.45) is 6.07. The van der Waals surface area contributed by atoms with Crippen molar-refractivity contribution < 1.29 is 19.0 Å². The summed E-state index contributed by atoms with van der Waals surface area (Å²) in [4.78, 5) is 0. The Balaban J connectivity index is 1.61. The normalized spacial score (nSPS) is 37.2. The van der Waals surface area contributed by atoms with Crippen molar-refractivity contribution in [1.29, 1.82) is 0 Å². The van der Waals surface area contributed by atoms with Crippen LogP contribution in [0.5, 0.6) is 0 Å². The molecule has 4 aliphatic rings. The van der Waals surface area contributed by atoms with Crippen LogP contribution in [0.1, 0.15) is 73.1 Å². The lowest BCUT2D eigenvalue weighted by Gasteiger charge is -2.62. The molecule has 0 aromatic heterocycles. The summed E-state index contributed by atoms with van der Waals surface area (Å²) in [6, 6.07) is 0. The van der Waals surface area contributed by atoms with Gasteiger partial charge < -0.3 is 19.0 Å². The molecule has 31 heavy (non-hydrogen) atoms. The van der Waals surface area contributed by atoms with Gasteiger partial charge >= 0.3 is 0 Å². The van der Waals surface area contributed by atoms with Gasteiger partial charge in [-0.25, -0.2) is 0 Å². The van der Waals surface area contributed by atoms with E-state index in [1.54, 1.807) is 0 Å². The lowest BCUT2D eigenvalue weighted by molar-refractivity contribution is -0.340. The van der Waals surface area contributed by atoms with Crippen LogP contribution in [0, 0.1) is 41.4 Å². The minimum Gasteiger partial charge on any atom is -0.401 e. The van der Waals surface area contributed by atoms with E-state index in [2.05, 4.69) is 59.6 Å². The zero-order valence-corrected chi connectivity index (χ0v) is 21.8. The predicted octanol–water partition coefficient (Wildman–Crippen LogP) is 5.36. The average molecular weight is 449 g/mol. The molecule has 1 heterocycles. The van der Waals surface area contributed by atoms with Gasteiger partial charge in [0, 0.05) is 11.8 Å². The summed E-state index contributed by atoms with van der Waals surface area (Å²) in [7, 11) is -1.96. The van der Waals surface area contributed by atoms with Gasteiger partial charge in [-0.15, -0.1) is 0 Å². The van der Waals surface area contributed by atoms with E-state index in [-0.39, 0.29) is 17.1 Å². The van der Waals surface area contributed by atoms with E-state index in [1.165, 1.54) is 19.3 Å². The molecule has 1 aliphatic heterocycles. The summed E-state index contributed by atoms with van der Waals surface area (Å²) in [5.74, 6) is 8.41. The van der Waals surface area contributed by atoms with Crippen molar-refractivity contribution in [2.75, 3.05) is 13.2 Å². The van der Waals surface area contributed by atoms with E-state index >= 15 is 0 Å². The van der Waals surface area contributed by atoms with Crippen molar-refractivity contribution in [3.8, 4) is 11.8 Å². The minimum atomic E-state index is -1.96. The molecular weight excluding hydrogens is 404 g/mol. The van der Waals surface area contributed by atoms with Crippen LogP contribution in [0.3, 0.4) is 0 Å². The highest BCUT2D eigenvalue weighted by Crippen LogP contribution is 2.62. The Labute approximate surface area is 190 Å². The van der Waals surface area contributed by atoms with Gasteiger partial charge in [-0.1, -0.05) is 46.0 Å². The molecule has 0 aromatic rings. The van der Waals surface area contributed by atoms with Gasteiger partial charge in [0.2, 0.25) is 0 Å². The Morgan fingerprint density at radius 3 is 2.23 bits per heavy atom. The van der Waals surface area contributed by atoms with Crippen molar-refractivity contribution in [3.63, 3.8) is 0 Å². The van der Waals surface area contributed by atoms with E-state index in [0.717, 1.165) is 19.3 Å². The third-order valence-electron chi connectivity index (χ3n) is 9.39. The Morgan fingerprint density at radius 2 is 1.71 bits per heavy atom. The molecule has 4 rings (SSSR count). The van der Waals surface area contributed by atoms with E-state index < -0.39 is 19.7 Å². The van der Waals surface area contributed by atoms with Crippen LogP contribution in [0.15, 0.2) is 0 Å². The van der Waals surface area contributed by atoms with Gasteiger partial charge in [-0.2, -0.15) is 0 Å². The first kappa shape index (κ1) is 23.8. The first-order valence-corrected chi connectivity index (χ1v) is 15.5. The number of fused-ring (bicyclic) bond motifs is 2. The van der Waals surface area contributed by atoms with Crippen LogP contribution in [0.4, 0.5) is 0 Å². The first-order valence-electron chi connectivity index (χ1n) is 12.6. The van der Waals surface area contributed by atoms with E-state index in [4.69, 9.17) is 13.9 Å². The number of aliphatic hydroxyl groups excluding tert-OH is 1. The molecule has 0 amide bonds. The Bertz CT molecular complexity index is 714. The first-order chi connectivity index (χ1) is 14.5. The molecule has 4 nitrogen and oxygen atoms in total. The van der Waals surface area contributed by atoms with Crippen molar-refractivity contribution in [1.82, 2.24) is 0 Å². The minimum absolute atomic E-state index is 0.00968. The molecule has 3 saturated carbocycles. The summed E-state index contributed by atoms with van der Waals surface area (Å²) >= 11 is 0. The molecule has 5 heteroatoms. The summed E-state index contributed by atoms with van der Waals surface area (Å²) in [5, 5.41) is 11.1. The highest BCUT2D eigenvalue weighted by Gasteiger charge is 2.68. The SMILES string of the molecule is CCC1[C@H]2[C@H](C#C[C@](C)(O[Si](C)(C)C(C)(C)C)C3CCC3)[C@@H](O)CC[C@H]2C12OCCO2. The topological polar surface area (TPSA) is 47.9 Å². The third kappa shape index (κ3) is 3.85. The van der Waals surface area contributed by atoms with Crippen molar-refractivity contribution in [2.45, 2.75) is 109 Å². The number of aliphatic hydroxyl groups is 1. The van der Waals surface area contributed by atoms with Gasteiger partial charge in [0.15, 0.2) is 14.1 Å². The van der Waals surface area contributed by atoms with Crippen LogP contribution in [0.25, 0.3) is 0 Å². The van der Waals surface area contributed by atoms with Crippen molar-refractivity contribution >= 4 is 8.32 Å². The summed E-state index contributed by atoms with van der Waals surface area (Å²) < 4.78 is 19.3. The van der Waals surface area contributed by atoms with Crippen LogP contribution >= 0.6 is 0 Å². The van der Waals surface area contributed by atoms with Crippen LogP contribution in [-0.4, -0.2) is 44.1 Å². The Kier molecular flexibility index (Phi) is 6.23. The fourth-order valence-corrected chi connectivity index (χ4v) is 7.94. The standard InChI is InChI=1S/C26H44O4Si/c1-8-20-23-19(22(27)13-12-21(23)26(20)28-16-17-29-26)14-15-25(5,18-10-9-11-18)30-31(6,7)24(2,3)4/h18-23,27H,8-13,16-17H2,1-7H3/t19-,20?,21-,22+,23-,25+/m1/s1. The monoisotopic (exact) mass is 448 g/mol. The van der Waals surface area contributed by atoms with Gasteiger partial charge in [-0.05, 0) is 69.0 Å². The van der Waals surface area contributed by atoms with Gasteiger partial charge in [0.05, 0.1) is 25.2 Å². The third-order valence-corrected chi connectivity index (χ3v) is 13.9. The quantitative estimate of drug-likeness (QED) is 0.465. The number of rotatable bonds is 4. The molecule has 1 saturated heterocycles. The maximum absolute atomic E-state index is 11.0. The van der Waals surface area contributed by atoms with Gasteiger partial charge in [0.25, 0.3) is 0 Å². The smallest absolute Gasteiger partial charge is 0.194 e. The summed E-state index contributed by atoms with van der Waals surface area (Å²) in [5.41, 5.74) is -0.419. The largest absolute Gasteiger partial charge is 0.401 e. The molecule has 6 atom stereocenters. The second kappa shape index (κ2) is 8.13. The summed E-state index contributed by atoms with van der Waals surface area (Å²) in [6.45, 7) is 17.4. The van der Waals surface area contributed by atoms with Crippen LogP contribution in [0.2, 0.25) is 18.1 Å². The highest BCUT2D eigenvalue weighted by molar-refractivity contribution is 6.74. The average Bonchev–Trinajstić information content (AvgIpc) is 3.10. The molecule has 0 bridgehead atoms. The molecule has 3 aliphatic carbocycles. The molecule has 0 radical (unpaired) electrons. The maximum atomic E-state index is 11.0. The van der Waals surface area contributed by atoms with E-state index in [1.807, 2.05) is 0 Å². The predicted molar refractivity (Wildman–Crippen MR) is 126 cm³/mol. The second-order valence-corrected chi connectivity index (χ2v) is 16.9.